The molecule has 1 N–H and O–H groups in total. The van der Waals surface area contributed by atoms with Gasteiger partial charge in [-0.2, -0.15) is 0 Å². The van der Waals surface area contributed by atoms with Gasteiger partial charge in [0.05, 0.1) is 19.6 Å². The Hall–Kier alpha value is -0.610. The first-order chi connectivity index (χ1) is 7.65. The number of esters is 1. The van der Waals surface area contributed by atoms with Gasteiger partial charge in [-0.25, -0.2) is 0 Å². The molecule has 4 nitrogen and oxygen atoms in total. The number of methoxy groups -OCH3 is 1. The molecule has 0 fully saturated rings. The van der Waals surface area contributed by atoms with E-state index >= 15 is 0 Å². The van der Waals surface area contributed by atoms with Gasteiger partial charge >= 0.3 is 5.97 Å². The van der Waals surface area contributed by atoms with E-state index in [4.69, 9.17) is 9.47 Å². The third-order valence-electron chi connectivity index (χ3n) is 2.46. The molecule has 0 aromatic carbocycles. The van der Waals surface area contributed by atoms with Crippen molar-refractivity contribution >= 4 is 5.97 Å². The van der Waals surface area contributed by atoms with Gasteiger partial charge in [-0.05, 0) is 25.8 Å². The quantitative estimate of drug-likeness (QED) is 0.612. The predicted molar refractivity (Wildman–Crippen MR) is 64.4 cm³/mol. The molecule has 0 aliphatic rings. The fourth-order valence-electron chi connectivity index (χ4n) is 1.58. The molecule has 0 aromatic rings. The lowest BCUT2D eigenvalue weighted by atomic mass is 9.99. The summed E-state index contributed by atoms with van der Waals surface area (Å²) in [6.45, 7) is 8.02. The van der Waals surface area contributed by atoms with Crippen LogP contribution >= 0.6 is 0 Å². The molecule has 16 heavy (non-hydrogen) atoms. The van der Waals surface area contributed by atoms with Crippen molar-refractivity contribution in [1.29, 1.82) is 0 Å². The zero-order valence-corrected chi connectivity index (χ0v) is 10.9. The van der Waals surface area contributed by atoms with Gasteiger partial charge in [-0.1, -0.05) is 13.8 Å². The lowest BCUT2D eigenvalue weighted by Crippen LogP contribution is -2.39. The SMILES string of the molecule is CCCNC(CC(=O)OCC)C(C)COC. The molecule has 0 bridgehead atoms. The largest absolute Gasteiger partial charge is 0.466 e. The maximum absolute atomic E-state index is 11.4. The highest BCUT2D eigenvalue weighted by atomic mass is 16.5. The maximum Gasteiger partial charge on any atom is 0.307 e. The Bertz CT molecular complexity index is 185. The van der Waals surface area contributed by atoms with E-state index in [1.807, 2.05) is 6.92 Å². The summed E-state index contributed by atoms with van der Waals surface area (Å²) in [7, 11) is 1.68. The Morgan fingerprint density at radius 1 is 1.38 bits per heavy atom. The van der Waals surface area contributed by atoms with Crippen LogP contribution in [0.25, 0.3) is 0 Å². The van der Waals surface area contributed by atoms with Gasteiger partial charge in [-0.15, -0.1) is 0 Å². The maximum atomic E-state index is 11.4. The fraction of sp³-hybridized carbons (Fsp3) is 0.917. The Balaban J connectivity index is 4.12. The second kappa shape index (κ2) is 9.60. The second-order valence-electron chi connectivity index (χ2n) is 4.00. The number of rotatable bonds is 9. The van der Waals surface area contributed by atoms with Crippen LogP contribution < -0.4 is 5.32 Å². The van der Waals surface area contributed by atoms with Crippen molar-refractivity contribution in [2.24, 2.45) is 5.92 Å². The summed E-state index contributed by atoms with van der Waals surface area (Å²) in [6, 6.07) is 0.138. The van der Waals surface area contributed by atoms with E-state index in [1.54, 1.807) is 7.11 Å². The molecule has 2 atom stereocenters. The second-order valence-corrected chi connectivity index (χ2v) is 4.00. The average molecular weight is 231 g/mol. The summed E-state index contributed by atoms with van der Waals surface area (Å²) >= 11 is 0. The van der Waals surface area contributed by atoms with Crippen LogP contribution in [-0.2, 0) is 14.3 Å². The van der Waals surface area contributed by atoms with E-state index in [9.17, 15) is 4.79 Å². The Morgan fingerprint density at radius 3 is 2.56 bits per heavy atom. The monoisotopic (exact) mass is 231 g/mol. The van der Waals surface area contributed by atoms with Crippen LogP contribution in [0.15, 0.2) is 0 Å². The minimum atomic E-state index is -0.140. The van der Waals surface area contributed by atoms with Gasteiger partial charge in [0.2, 0.25) is 0 Å². The molecule has 0 spiro atoms. The number of carbonyl (C=O) groups is 1. The van der Waals surface area contributed by atoms with Crippen LogP contribution in [0.3, 0.4) is 0 Å². The molecular weight excluding hydrogens is 206 g/mol. The fourth-order valence-corrected chi connectivity index (χ4v) is 1.58. The van der Waals surface area contributed by atoms with E-state index in [1.165, 1.54) is 0 Å². The molecule has 2 unspecified atom stereocenters. The van der Waals surface area contributed by atoms with Gasteiger partial charge in [-0.3, -0.25) is 4.79 Å². The van der Waals surface area contributed by atoms with E-state index in [2.05, 4.69) is 19.2 Å². The summed E-state index contributed by atoms with van der Waals surface area (Å²) in [4.78, 5) is 11.4. The van der Waals surface area contributed by atoms with Gasteiger partial charge in [0.1, 0.15) is 0 Å². The topological polar surface area (TPSA) is 47.6 Å². The standard InChI is InChI=1S/C12H25NO3/c1-5-7-13-11(10(3)9-15-4)8-12(14)16-6-2/h10-11,13H,5-9H2,1-4H3. The lowest BCUT2D eigenvalue weighted by Gasteiger charge is -2.23. The Morgan fingerprint density at radius 2 is 2.06 bits per heavy atom. The molecule has 4 heteroatoms. The third kappa shape index (κ3) is 6.80. The summed E-state index contributed by atoms with van der Waals surface area (Å²) in [5, 5.41) is 3.36. The molecule has 0 heterocycles. The van der Waals surface area contributed by atoms with Crippen molar-refractivity contribution in [3.8, 4) is 0 Å². The molecule has 0 aliphatic carbocycles. The smallest absolute Gasteiger partial charge is 0.307 e. The van der Waals surface area contributed by atoms with Gasteiger partial charge in [0, 0.05) is 13.2 Å². The first-order valence-corrected chi connectivity index (χ1v) is 6.03. The first-order valence-electron chi connectivity index (χ1n) is 6.03. The van der Waals surface area contributed by atoms with Crippen LogP contribution in [-0.4, -0.2) is 38.9 Å². The van der Waals surface area contributed by atoms with E-state index < -0.39 is 0 Å². The molecule has 0 aromatic heterocycles. The highest BCUT2D eigenvalue weighted by Crippen LogP contribution is 2.09. The van der Waals surface area contributed by atoms with Crippen LogP contribution in [0.4, 0.5) is 0 Å². The van der Waals surface area contributed by atoms with Crippen molar-refractivity contribution in [1.82, 2.24) is 5.32 Å². The minimum absolute atomic E-state index is 0.138. The van der Waals surface area contributed by atoms with Gasteiger partial charge in [0.15, 0.2) is 0 Å². The van der Waals surface area contributed by atoms with Gasteiger partial charge in [0.25, 0.3) is 0 Å². The number of carbonyl (C=O) groups excluding carboxylic acids is 1. The van der Waals surface area contributed by atoms with E-state index in [-0.39, 0.29) is 12.0 Å². The van der Waals surface area contributed by atoms with Crippen LogP contribution in [0.5, 0.6) is 0 Å². The molecule has 0 radical (unpaired) electrons. The molecule has 0 rings (SSSR count). The lowest BCUT2D eigenvalue weighted by molar-refractivity contribution is -0.144. The third-order valence-corrected chi connectivity index (χ3v) is 2.46. The normalized spacial score (nSPS) is 14.5. The van der Waals surface area contributed by atoms with Crippen molar-refractivity contribution in [2.45, 2.75) is 39.7 Å². The highest BCUT2D eigenvalue weighted by molar-refractivity contribution is 5.70. The Kier molecular flexibility index (Phi) is 9.24. The highest BCUT2D eigenvalue weighted by Gasteiger charge is 2.20. The van der Waals surface area contributed by atoms with Crippen molar-refractivity contribution in [3.63, 3.8) is 0 Å². The molecule has 96 valence electrons. The predicted octanol–water partition coefficient (Wildman–Crippen LogP) is 1.59. The van der Waals surface area contributed by atoms with Crippen LogP contribution in [0.2, 0.25) is 0 Å². The van der Waals surface area contributed by atoms with Crippen molar-refractivity contribution < 1.29 is 14.3 Å². The van der Waals surface area contributed by atoms with Crippen molar-refractivity contribution in [3.05, 3.63) is 0 Å². The van der Waals surface area contributed by atoms with E-state index in [0.717, 1.165) is 13.0 Å². The summed E-state index contributed by atoms with van der Waals surface area (Å²) in [5.74, 6) is 0.167. The van der Waals surface area contributed by atoms with Crippen LogP contribution in [0.1, 0.15) is 33.6 Å². The summed E-state index contributed by atoms with van der Waals surface area (Å²) < 4.78 is 10.1. The number of hydrogen-bond donors (Lipinski definition) is 1. The molecule has 0 aliphatic heterocycles. The summed E-state index contributed by atoms with van der Waals surface area (Å²) in [5.41, 5.74) is 0. The summed E-state index contributed by atoms with van der Waals surface area (Å²) in [6.07, 6.45) is 1.47. The number of hydrogen-bond acceptors (Lipinski definition) is 4. The first kappa shape index (κ1) is 15.4. The van der Waals surface area contributed by atoms with Crippen molar-refractivity contribution in [2.75, 3.05) is 26.9 Å². The average Bonchev–Trinajstić information content (AvgIpc) is 2.24. The Labute approximate surface area is 98.7 Å². The number of nitrogens with one attached hydrogen (secondary N) is 1. The van der Waals surface area contributed by atoms with Crippen LogP contribution in [0, 0.1) is 5.92 Å². The molecule has 0 saturated heterocycles. The minimum Gasteiger partial charge on any atom is -0.466 e. The van der Waals surface area contributed by atoms with E-state index in [0.29, 0.717) is 25.6 Å². The number of ether oxygens (including phenoxy) is 2. The zero-order chi connectivity index (χ0) is 12.4. The molecule has 0 amide bonds. The van der Waals surface area contributed by atoms with Gasteiger partial charge < -0.3 is 14.8 Å². The molecular formula is C12H25NO3. The molecule has 0 saturated carbocycles. The zero-order valence-electron chi connectivity index (χ0n) is 10.9.